The number of carboxylic acid groups (broad SMARTS) is 2. The first-order valence-electron chi connectivity index (χ1n) is 23.4. The monoisotopic (exact) mass is 993 g/mol. The second-order valence-corrected chi connectivity index (χ2v) is 16.9. The van der Waals surface area contributed by atoms with Gasteiger partial charge in [-0.05, 0) is 81.7 Å². The van der Waals surface area contributed by atoms with Crippen LogP contribution in [0, 0.1) is 43.6 Å². The van der Waals surface area contributed by atoms with Crippen LogP contribution in [0.25, 0.3) is 4.85 Å². The number of nitriles is 1. The van der Waals surface area contributed by atoms with Crippen LogP contribution >= 0.6 is 11.3 Å². The number of carboxylic acids is 2. The van der Waals surface area contributed by atoms with Crippen molar-refractivity contribution in [3.8, 4) is 6.07 Å². The number of benzene rings is 1. The molecule has 0 fully saturated rings. The van der Waals surface area contributed by atoms with Gasteiger partial charge < -0.3 is 48.4 Å². The number of carbonyl (C=O) groups is 4. The van der Waals surface area contributed by atoms with E-state index in [1.54, 1.807) is 25.1 Å². The van der Waals surface area contributed by atoms with Gasteiger partial charge >= 0.3 is 71.1 Å². The van der Waals surface area contributed by atoms with E-state index in [0.717, 1.165) is 80.4 Å². The number of thiophene rings is 1. The van der Waals surface area contributed by atoms with E-state index in [9.17, 15) is 34.7 Å². The number of azo groups is 1. The van der Waals surface area contributed by atoms with Gasteiger partial charge in [-0.3, -0.25) is 9.59 Å². The van der Waals surface area contributed by atoms with Crippen molar-refractivity contribution in [1.29, 1.82) is 5.26 Å². The second-order valence-electron chi connectivity index (χ2n) is 15.9. The second kappa shape index (κ2) is 41.2. The molecule has 16 nitrogen and oxygen atoms in total. The van der Waals surface area contributed by atoms with Gasteiger partial charge in [0.15, 0.2) is 0 Å². The Balaban J connectivity index is 0.0000231. The largest absolute Gasteiger partial charge is 1.00 e. The van der Waals surface area contributed by atoms with Crippen molar-refractivity contribution in [2.75, 3.05) is 70.8 Å². The van der Waals surface area contributed by atoms with E-state index in [4.69, 9.17) is 30.3 Å². The number of carbonyl (C=O) groups excluding carboxylic acids is 4. The topological polar surface area (TPSA) is 217 Å². The maximum absolute atomic E-state index is 12.4. The molecule has 0 aliphatic heterocycles. The molecule has 0 aliphatic carbocycles. The van der Waals surface area contributed by atoms with E-state index >= 15 is 0 Å². The molecular formula is C50H69N5Na2O11S. The quantitative estimate of drug-likeness (QED) is 0.0236. The zero-order valence-corrected chi connectivity index (χ0v) is 46.6. The van der Waals surface area contributed by atoms with Crippen LogP contribution in [-0.4, -0.2) is 89.8 Å². The van der Waals surface area contributed by atoms with Gasteiger partial charge in [0.25, 0.3) is 0 Å². The number of nitrogens with zero attached hydrogens (tertiary/aromatic N) is 5. The Morgan fingerprint density at radius 3 is 1.68 bits per heavy atom. The van der Waals surface area contributed by atoms with Crippen molar-refractivity contribution in [1.82, 2.24) is 0 Å². The zero-order chi connectivity index (χ0) is 49.1. The van der Waals surface area contributed by atoms with Crippen LogP contribution in [0.4, 0.5) is 21.4 Å². The number of anilines is 1. The van der Waals surface area contributed by atoms with Crippen molar-refractivity contribution in [3.05, 3.63) is 70.6 Å². The van der Waals surface area contributed by atoms with Gasteiger partial charge in [0.2, 0.25) is 5.00 Å². The molecule has 1 aromatic carbocycles. The number of hydrogen-bond donors (Lipinski definition) is 0. The van der Waals surface area contributed by atoms with E-state index in [1.165, 1.54) is 6.42 Å². The molecule has 2 rings (SSSR count). The smallest absolute Gasteiger partial charge is 0.550 e. The molecule has 0 spiro atoms. The van der Waals surface area contributed by atoms with Crippen LogP contribution in [-0.2, 0) is 42.9 Å². The van der Waals surface area contributed by atoms with Crippen molar-refractivity contribution < 1.29 is 112 Å². The minimum Gasteiger partial charge on any atom is -0.550 e. The summed E-state index contributed by atoms with van der Waals surface area (Å²) in [6.07, 6.45) is 18.0. The summed E-state index contributed by atoms with van der Waals surface area (Å²) in [5.41, 5.74) is 3.14. The maximum atomic E-state index is 12.4. The molecule has 69 heavy (non-hydrogen) atoms. The minimum atomic E-state index is -1.29. The van der Waals surface area contributed by atoms with Crippen LogP contribution in [0.2, 0.25) is 0 Å². The number of ether oxygens (including phenoxy) is 5. The fourth-order valence-electron chi connectivity index (χ4n) is 6.60. The number of rotatable bonds is 38. The van der Waals surface area contributed by atoms with E-state index in [1.807, 2.05) is 36.1 Å². The Hall–Kier alpha value is -3.46. The van der Waals surface area contributed by atoms with Crippen LogP contribution in [0.3, 0.4) is 0 Å². The minimum absolute atomic E-state index is 0. The Labute approximate surface area is 457 Å². The van der Waals surface area contributed by atoms with Crippen LogP contribution in [0.1, 0.15) is 120 Å². The summed E-state index contributed by atoms with van der Waals surface area (Å²) < 4.78 is 27.6. The number of aryl methyl sites for hydroxylation is 1. The van der Waals surface area contributed by atoms with Gasteiger partial charge in [0.05, 0.1) is 70.3 Å². The van der Waals surface area contributed by atoms with Gasteiger partial charge in [-0.1, -0.05) is 76.7 Å². The van der Waals surface area contributed by atoms with Crippen molar-refractivity contribution >= 4 is 56.6 Å². The van der Waals surface area contributed by atoms with Crippen molar-refractivity contribution in [2.24, 2.45) is 22.1 Å². The molecule has 0 amide bonds. The number of unbranched alkanes of at least 4 members (excludes halogenated alkanes) is 8. The van der Waals surface area contributed by atoms with Crippen molar-refractivity contribution in [3.63, 3.8) is 0 Å². The van der Waals surface area contributed by atoms with Gasteiger partial charge in [0, 0.05) is 42.6 Å². The predicted molar refractivity (Wildman–Crippen MR) is 253 cm³/mol. The summed E-state index contributed by atoms with van der Waals surface area (Å²) in [4.78, 5) is 53.4. The molecule has 1 aromatic heterocycles. The van der Waals surface area contributed by atoms with Gasteiger partial charge in [-0.2, -0.15) is 5.26 Å². The van der Waals surface area contributed by atoms with Gasteiger partial charge in [-0.25, -0.2) is 4.85 Å². The van der Waals surface area contributed by atoms with E-state index in [2.05, 4.69) is 35.0 Å². The summed E-state index contributed by atoms with van der Waals surface area (Å²) >= 11 is 1.12. The third kappa shape index (κ3) is 28.9. The summed E-state index contributed by atoms with van der Waals surface area (Å²) in [6.45, 7) is 17.4. The molecule has 0 bridgehead atoms. The summed E-state index contributed by atoms with van der Waals surface area (Å²) in [6, 6.07) is 7.73. The number of hydrogen-bond acceptors (Lipinski definition) is 16. The summed E-state index contributed by atoms with van der Waals surface area (Å²) in [5.74, 6) is -5.77. The van der Waals surface area contributed by atoms with E-state index in [0.29, 0.717) is 46.5 Å². The number of allylic oxidation sites excluding steroid dienone is 4. The third-order valence-electron chi connectivity index (χ3n) is 10.6. The van der Waals surface area contributed by atoms with Crippen LogP contribution in [0.15, 0.2) is 52.7 Å². The Kier molecular flexibility index (Phi) is 39.1. The summed E-state index contributed by atoms with van der Waals surface area (Å²) in [5, 5.41) is 42.2. The molecule has 368 valence electrons. The molecule has 2 atom stereocenters. The van der Waals surface area contributed by atoms with Gasteiger partial charge in [0.1, 0.15) is 24.3 Å². The van der Waals surface area contributed by atoms with Crippen molar-refractivity contribution in [2.45, 2.75) is 118 Å². The molecule has 0 saturated carbocycles. The Bertz CT molecular complexity index is 1980. The maximum Gasteiger partial charge on any atom is 1.00 e. The Morgan fingerprint density at radius 2 is 1.23 bits per heavy atom. The fraction of sp³-hybridized carbons (Fsp3) is 0.600. The molecule has 1 heterocycles. The standard InChI is InChI=1S/C50H71N5O11S.2Na/c1-6-8-10-12-14-16-18-20-40(49(58)59)35-45(56)65-32-30-63-27-25-55(42-22-23-44(38(3)34-42)53-54-48-43(37-51)39(4)47(52-5)67-48)24-26-62-28-29-64-31-33-66-46(57)36-41(50(60)61)21-19-17-15-13-11-9-7-2;;/h16-19,22-23,34,40-41H,6-15,20-21,24-33,35-36H2,1-4H3,(H,58,59)(H,60,61);;/q;2*+1/p-2/b18-16+,19-17+,54-53?;;. The fourth-order valence-corrected chi connectivity index (χ4v) is 7.46. The summed E-state index contributed by atoms with van der Waals surface area (Å²) in [7, 11) is 0. The van der Waals surface area contributed by atoms with Gasteiger partial charge in [-0.15, -0.1) is 21.6 Å². The first-order chi connectivity index (χ1) is 32.4. The first-order valence-corrected chi connectivity index (χ1v) is 24.2. The molecule has 19 heteroatoms. The molecule has 0 aliphatic rings. The average Bonchev–Trinajstić information content (AvgIpc) is 3.62. The number of esters is 2. The van der Waals surface area contributed by atoms with E-state index in [-0.39, 0.29) is 131 Å². The number of aliphatic carboxylic acids is 2. The molecule has 0 saturated heterocycles. The van der Waals surface area contributed by atoms with E-state index < -0.39 is 35.7 Å². The normalized spacial score (nSPS) is 12.0. The molecule has 0 N–H and O–H groups in total. The SMILES string of the molecule is [C-]#[N+]c1sc(N=Nc2ccc(N(CCOCCOCCOC(=O)CC(C/C=C/CCCCCC)C(=O)[O-])CCOCCOC(=O)CC(C/C=C/CCCCCC)C(=O)[O-])cc2C)c(C#N)c1C.[Na+].[Na+]. The molecular weight excluding hydrogens is 925 g/mol. The third-order valence-corrected chi connectivity index (χ3v) is 11.7. The molecule has 2 unspecified atom stereocenters. The molecule has 0 radical (unpaired) electrons. The average molecular weight is 994 g/mol. The Morgan fingerprint density at radius 1 is 0.739 bits per heavy atom. The predicted octanol–water partition coefficient (Wildman–Crippen LogP) is 2.50. The first kappa shape index (κ1) is 65.5. The molecule has 2 aromatic rings. The zero-order valence-electron chi connectivity index (χ0n) is 41.8. The van der Waals surface area contributed by atoms with Crippen LogP contribution in [0.5, 0.6) is 0 Å². The van der Waals surface area contributed by atoms with Crippen LogP contribution < -0.4 is 74.2 Å².